The Kier molecular flexibility index (Phi) is 4.49. The highest BCUT2D eigenvalue weighted by atomic mass is 32.2. The smallest absolute Gasteiger partial charge is 0.322 e. The first-order chi connectivity index (χ1) is 12.7. The molecular weight excluding hydrogens is 354 g/mol. The van der Waals surface area contributed by atoms with Gasteiger partial charge in [0.1, 0.15) is 6.61 Å². The lowest BCUT2D eigenvalue weighted by Crippen LogP contribution is -2.40. The third-order valence-electron chi connectivity index (χ3n) is 3.79. The van der Waals surface area contributed by atoms with Gasteiger partial charge in [0.05, 0.1) is 5.56 Å². The molecule has 1 aliphatic rings. The van der Waals surface area contributed by atoms with E-state index in [0.29, 0.717) is 17.4 Å². The van der Waals surface area contributed by atoms with E-state index >= 15 is 0 Å². The van der Waals surface area contributed by atoms with Crippen LogP contribution in [0.5, 0.6) is 11.5 Å². The number of hydrogen-bond acceptors (Lipinski definition) is 7. The molecule has 2 aromatic carbocycles. The maximum atomic E-state index is 12.4. The third-order valence-corrected chi connectivity index (χ3v) is 4.59. The average Bonchev–Trinajstić information content (AvgIpc) is 3.15. The van der Waals surface area contributed by atoms with E-state index in [-0.39, 0.29) is 12.6 Å². The molecule has 0 saturated heterocycles. The van der Waals surface area contributed by atoms with E-state index in [9.17, 15) is 4.79 Å². The van der Waals surface area contributed by atoms with Gasteiger partial charge in [0, 0.05) is 4.90 Å². The minimum Gasteiger partial charge on any atom is -0.485 e. The van der Waals surface area contributed by atoms with Crippen molar-refractivity contribution in [1.82, 2.24) is 10.2 Å². The molecule has 0 spiro atoms. The van der Waals surface area contributed by atoms with Gasteiger partial charge in [-0.05, 0) is 30.5 Å². The van der Waals surface area contributed by atoms with Crippen molar-refractivity contribution in [3.8, 4) is 23.0 Å². The monoisotopic (exact) mass is 369 g/mol. The van der Waals surface area contributed by atoms with Crippen LogP contribution in [-0.4, -0.2) is 35.1 Å². The van der Waals surface area contributed by atoms with Gasteiger partial charge in [-0.2, -0.15) is 0 Å². The molecule has 2 heterocycles. The molecule has 0 saturated carbocycles. The van der Waals surface area contributed by atoms with E-state index in [1.165, 1.54) is 0 Å². The second-order valence-electron chi connectivity index (χ2n) is 5.47. The number of aromatic nitrogens is 2. The highest BCUT2D eigenvalue weighted by Gasteiger charge is 2.28. The van der Waals surface area contributed by atoms with E-state index in [1.807, 2.05) is 42.7 Å². The highest BCUT2D eigenvalue weighted by Crippen LogP contribution is 2.32. The van der Waals surface area contributed by atoms with Crippen LogP contribution in [0.3, 0.4) is 0 Å². The number of amides is 1. The Morgan fingerprint density at radius 2 is 1.88 bits per heavy atom. The first kappa shape index (κ1) is 16.5. The molecule has 0 fully saturated rings. The molecule has 7 nitrogen and oxygen atoms in total. The van der Waals surface area contributed by atoms with Crippen molar-refractivity contribution in [2.24, 2.45) is 0 Å². The van der Waals surface area contributed by atoms with Gasteiger partial charge in [0.2, 0.25) is 6.10 Å². The van der Waals surface area contributed by atoms with Crippen molar-refractivity contribution in [2.75, 3.05) is 18.2 Å². The summed E-state index contributed by atoms with van der Waals surface area (Å²) < 4.78 is 16.8. The number of carbonyl (C=O) groups excluding carboxylic acids is 1. The van der Waals surface area contributed by atoms with E-state index in [1.54, 1.807) is 23.9 Å². The molecule has 0 unspecified atom stereocenters. The maximum Gasteiger partial charge on any atom is 0.322 e. The lowest BCUT2D eigenvalue weighted by atomic mass is 10.2. The Balaban J connectivity index is 1.47. The predicted molar refractivity (Wildman–Crippen MR) is 96.5 cm³/mol. The Hall–Kier alpha value is -3.00. The molecule has 0 bridgehead atoms. The zero-order valence-corrected chi connectivity index (χ0v) is 14.7. The number of para-hydroxylation sites is 2. The van der Waals surface area contributed by atoms with Gasteiger partial charge < -0.3 is 13.9 Å². The normalized spacial score (nSPS) is 15.5. The van der Waals surface area contributed by atoms with Gasteiger partial charge in [0.15, 0.2) is 11.5 Å². The van der Waals surface area contributed by atoms with E-state index in [2.05, 4.69) is 15.5 Å². The van der Waals surface area contributed by atoms with Crippen molar-refractivity contribution >= 4 is 23.7 Å². The van der Waals surface area contributed by atoms with Crippen molar-refractivity contribution in [3.63, 3.8) is 0 Å². The van der Waals surface area contributed by atoms with Gasteiger partial charge >= 0.3 is 6.01 Å². The van der Waals surface area contributed by atoms with Gasteiger partial charge in [-0.25, -0.2) is 0 Å². The molecule has 1 N–H and O–H groups in total. The number of nitrogens with zero attached hydrogens (tertiary/aromatic N) is 2. The van der Waals surface area contributed by atoms with Crippen LogP contribution < -0.4 is 14.8 Å². The highest BCUT2D eigenvalue weighted by molar-refractivity contribution is 7.98. The number of rotatable bonds is 4. The van der Waals surface area contributed by atoms with Gasteiger partial charge in [0.25, 0.3) is 11.8 Å². The summed E-state index contributed by atoms with van der Waals surface area (Å²) >= 11 is 1.58. The van der Waals surface area contributed by atoms with Crippen molar-refractivity contribution < 1.29 is 18.7 Å². The molecular formula is C18H15N3O4S. The summed E-state index contributed by atoms with van der Waals surface area (Å²) in [7, 11) is 0. The first-order valence-corrected chi connectivity index (χ1v) is 9.13. The molecule has 26 heavy (non-hydrogen) atoms. The topological polar surface area (TPSA) is 86.5 Å². The lowest BCUT2D eigenvalue weighted by molar-refractivity contribution is -0.125. The SMILES string of the molecule is CSc1ccccc1-c1nnc(NC(=O)[C@H]2COc3ccccc3O2)o1. The van der Waals surface area contributed by atoms with Crippen LogP contribution in [0.2, 0.25) is 0 Å². The molecule has 1 aliphatic heterocycles. The summed E-state index contributed by atoms with van der Waals surface area (Å²) in [5, 5.41) is 10.5. The number of anilines is 1. The Labute approximate surface area is 153 Å². The van der Waals surface area contributed by atoms with Gasteiger partial charge in [-0.1, -0.05) is 29.4 Å². The van der Waals surface area contributed by atoms with Crippen LogP contribution in [0, 0.1) is 0 Å². The summed E-state index contributed by atoms with van der Waals surface area (Å²) in [6.07, 6.45) is 1.18. The molecule has 4 rings (SSSR count). The number of fused-ring (bicyclic) bond motifs is 1. The van der Waals surface area contributed by atoms with E-state index < -0.39 is 12.0 Å². The van der Waals surface area contributed by atoms with Crippen LogP contribution in [0.25, 0.3) is 11.5 Å². The Morgan fingerprint density at radius 3 is 2.73 bits per heavy atom. The summed E-state index contributed by atoms with van der Waals surface area (Å²) in [5.74, 6) is 1.08. The van der Waals surface area contributed by atoms with Crippen molar-refractivity contribution in [3.05, 3.63) is 48.5 Å². The quantitative estimate of drug-likeness (QED) is 0.707. The third kappa shape index (κ3) is 3.23. The number of ether oxygens (including phenoxy) is 2. The van der Waals surface area contributed by atoms with Gasteiger partial charge in [-0.15, -0.1) is 16.9 Å². The zero-order chi connectivity index (χ0) is 17.9. The van der Waals surface area contributed by atoms with Crippen molar-refractivity contribution in [1.29, 1.82) is 0 Å². The maximum absolute atomic E-state index is 12.4. The Morgan fingerprint density at radius 1 is 1.12 bits per heavy atom. The standard InChI is InChI=1S/C18H15N3O4S/c1-26-15-9-5-2-6-11(15)17-20-21-18(25-17)19-16(22)14-10-23-12-7-3-4-8-13(12)24-14/h2-9,14H,10H2,1H3,(H,19,21,22)/t14-/m1/s1. The number of carbonyl (C=O) groups is 1. The molecule has 1 aromatic heterocycles. The Bertz CT molecular complexity index is 943. The fourth-order valence-corrected chi connectivity index (χ4v) is 3.13. The summed E-state index contributed by atoms with van der Waals surface area (Å²) in [6, 6.07) is 14.9. The largest absolute Gasteiger partial charge is 0.485 e. The molecule has 1 amide bonds. The summed E-state index contributed by atoms with van der Waals surface area (Å²) in [6.45, 7) is 0.110. The van der Waals surface area contributed by atoms with Crippen molar-refractivity contribution in [2.45, 2.75) is 11.0 Å². The number of hydrogen-bond donors (Lipinski definition) is 1. The zero-order valence-electron chi connectivity index (χ0n) is 13.8. The predicted octanol–water partition coefficient (Wildman–Crippen LogP) is 3.24. The van der Waals surface area contributed by atoms with E-state index in [4.69, 9.17) is 13.9 Å². The van der Waals surface area contributed by atoms with E-state index in [0.717, 1.165) is 10.5 Å². The molecule has 3 aromatic rings. The second-order valence-corrected chi connectivity index (χ2v) is 6.31. The molecule has 0 aliphatic carbocycles. The summed E-state index contributed by atoms with van der Waals surface area (Å²) in [5.41, 5.74) is 0.819. The molecule has 8 heteroatoms. The fraction of sp³-hybridized carbons (Fsp3) is 0.167. The van der Waals surface area contributed by atoms with Crippen LogP contribution >= 0.6 is 11.8 Å². The van der Waals surface area contributed by atoms with Crippen LogP contribution in [0.4, 0.5) is 6.01 Å². The number of benzene rings is 2. The van der Waals surface area contributed by atoms with Crippen LogP contribution in [0.1, 0.15) is 0 Å². The minimum atomic E-state index is -0.793. The number of thioether (sulfide) groups is 1. The lowest BCUT2D eigenvalue weighted by Gasteiger charge is -2.24. The molecule has 1 atom stereocenters. The fourth-order valence-electron chi connectivity index (χ4n) is 2.54. The average molecular weight is 369 g/mol. The molecule has 0 radical (unpaired) electrons. The van der Waals surface area contributed by atoms with Crippen LogP contribution in [0.15, 0.2) is 57.8 Å². The summed E-state index contributed by atoms with van der Waals surface area (Å²) in [4.78, 5) is 13.4. The minimum absolute atomic E-state index is 0.0170. The van der Waals surface area contributed by atoms with Crippen LogP contribution in [-0.2, 0) is 4.79 Å². The molecule has 132 valence electrons. The second kappa shape index (κ2) is 7.09. The first-order valence-electron chi connectivity index (χ1n) is 7.91. The van der Waals surface area contributed by atoms with Gasteiger partial charge in [-0.3, -0.25) is 10.1 Å². The number of nitrogens with one attached hydrogen (secondary N) is 1.